The van der Waals surface area contributed by atoms with E-state index in [2.05, 4.69) is 4.72 Å². The summed E-state index contributed by atoms with van der Waals surface area (Å²) in [5.41, 5.74) is 4.21. The van der Waals surface area contributed by atoms with E-state index in [1.54, 1.807) is 0 Å². The highest BCUT2D eigenvalue weighted by molar-refractivity contribution is 7.93. The molecular weight excluding hydrogens is 353 g/mol. The van der Waals surface area contributed by atoms with Gasteiger partial charge in [-0.25, -0.2) is 8.42 Å². The minimum absolute atomic E-state index is 0.122. The van der Waals surface area contributed by atoms with Crippen molar-refractivity contribution in [2.45, 2.75) is 43.7 Å². The summed E-state index contributed by atoms with van der Waals surface area (Å²) in [5.74, 6) is 0.156. The molecule has 0 spiro atoms. The Kier molecular flexibility index (Phi) is 5.18. The molecular formula is C14H18ClF3N2O2S. The number of alkyl halides is 3. The van der Waals surface area contributed by atoms with Crippen LogP contribution in [0.2, 0.25) is 5.02 Å². The number of sulfonamides is 1. The van der Waals surface area contributed by atoms with Gasteiger partial charge in [-0.2, -0.15) is 13.2 Å². The van der Waals surface area contributed by atoms with Gasteiger partial charge in [0.05, 0.1) is 16.5 Å². The zero-order valence-corrected chi connectivity index (χ0v) is 14.0. The summed E-state index contributed by atoms with van der Waals surface area (Å²) in [6.07, 6.45) is -3.06. The second-order valence-electron chi connectivity index (χ2n) is 5.96. The molecule has 1 saturated carbocycles. The van der Waals surface area contributed by atoms with Crippen molar-refractivity contribution in [1.29, 1.82) is 0 Å². The Morgan fingerprint density at radius 1 is 1.30 bits per heavy atom. The molecule has 9 heteroatoms. The van der Waals surface area contributed by atoms with E-state index in [0.717, 1.165) is 12.5 Å². The van der Waals surface area contributed by atoms with Gasteiger partial charge in [0, 0.05) is 11.1 Å². The van der Waals surface area contributed by atoms with E-state index in [1.165, 1.54) is 6.07 Å². The SMILES string of the molecule is CC1CCC(N)C(S(=O)(=O)Nc2ccc(Cl)cc2C(F)(F)F)C1. The Morgan fingerprint density at radius 2 is 1.96 bits per heavy atom. The number of benzene rings is 1. The fraction of sp³-hybridized carbons (Fsp3) is 0.571. The quantitative estimate of drug-likeness (QED) is 0.853. The zero-order valence-electron chi connectivity index (χ0n) is 12.4. The molecule has 1 aromatic carbocycles. The smallest absolute Gasteiger partial charge is 0.326 e. The molecule has 23 heavy (non-hydrogen) atoms. The molecule has 3 N–H and O–H groups in total. The van der Waals surface area contributed by atoms with Crippen LogP contribution in [0.1, 0.15) is 31.7 Å². The maximum absolute atomic E-state index is 13.1. The third kappa shape index (κ3) is 4.30. The lowest BCUT2D eigenvalue weighted by Crippen LogP contribution is -2.47. The third-order valence-corrected chi connectivity index (χ3v) is 6.12. The summed E-state index contributed by atoms with van der Waals surface area (Å²) in [6.45, 7) is 1.90. The van der Waals surface area contributed by atoms with Crippen LogP contribution in [-0.2, 0) is 16.2 Å². The number of hydrogen-bond donors (Lipinski definition) is 2. The third-order valence-electron chi connectivity index (χ3n) is 4.04. The lowest BCUT2D eigenvalue weighted by Gasteiger charge is -2.32. The lowest BCUT2D eigenvalue weighted by molar-refractivity contribution is -0.136. The van der Waals surface area contributed by atoms with Gasteiger partial charge >= 0.3 is 6.18 Å². The van der Waals surface area contributed by atoms with E-state index in [0.29, 0.717) is 18.9 Å². The van der Waals surface area contributed by atoms with Gasteiger partial charge < -0.3 is 5.73 Å². The molecule has 1 aliphatic rings. The number of nitrogens with one attached hydrogen (secondary N) is 1. The topological polar surface area (TPSA) is 72.2 Å². The summed E-state index contributed by atoms with van der Waals surface area (Å²) in [7, 11) is -4.03. The Morgan fingerprint density at radius 3 is 2.57 bits per heavy atom. The van der Waals surface area contributed by atoms with Crippen LogP contribution in [0, 0.1) is 5.92 Å². The van der Waals surface area contributed by atoms with Gasteiger partial charge in [0.25, 0.3) is 0 Å². The van der Waals surface area contributed by atoms with Crippen LogP contribution < -0.4 is 10.5 Å². The van der Waals surface area contributed by atoms with Gasteiger partial charge in [0.2, 0.25) is 10.0 Å². The summed E-state index contributed by atoms with van der Waals surface area (Å²) in [5, 5.41) is -1.04. The fourth-order valence-electron chi connectivity index (χ4n) is 2.78. The molecule has 1 aromatic rings. The van der Waals surface area contributed by atoms with Crippen molar-refractivity contribution in [2.24, 2.45) is 11.7 Å². The van der Waals surface area contributed by atoms with Crippen molar-refractivity contribution in [1.82, 2.24) is 0 Å². The molecule has 1 aliphatic carbocycles. The van der Waals surface area contributed by atoms with Gasteiger partial charge in [-0.05, 0) is 43.4 Å². The van der Waals surface area contributed by atoms with Crippen molar-refractivity contribution in [3.8, 4) is 0 Å². The van der Waals surface area contributed by atoms with Crippen LogP contribution in [0.25, 0.3) is 0 Å². The molecule has 0 saturated heterocycles. The van der Waals surface area contributed by atoms with Crippen LogP contribution >= 0.6 is 11.6 Å². The Bertz CT molecular complexity index is 679. The molecule has 3 unspecified atom stereocenters. The van der Waals surface area contributed by atoms with E-state index < -0.39 is 38.7 Å². The van der Waals surface area contributed by atoms with Gasteiger partial charge in [-0.1, -0.05) is 18.5 Å². The monoisotopic (exact) mass is 370 g/mol. The van der Waals surface area contributed by atoms with Crippen molar-refractivity contribution in [3.63, 3.8) is 0 Å². The molecule has 0 radical (unpaired) electrons. The first-order chi connectivity index (χ1) is 10.5. The molecule has 3 atom stereocenters. The van der Waals surface area contributed by atoms with E-state index in [4.69, 9.17) is 17.3 Å². The predicted octanol–water partition coefficient (Wildman–Crippen LogP) is 3.62. The molecule has 4 nitrogen and oxygen atoms in total. The van der Waals surface area contributed by atoms with Crippen molar-refractivity contribution < 1.29 is 21.6 Å². The highest BCUT2D eigenvalue weighted by atomic mass is 35.5. The Balaban J connectivity index is 2.34. The normalized spacial score (nSPS) is 26.1. The second kappa shape index (κ2) is 6.49. The average molecular weight is 371 g/mol. The molecule has 0 aromatic heterocycles. The largest absolute Gasteiger partial charge is 0.418 e. The second-order valence-corrected chi connectivity index (χ2v) is 8.29. The summed E-state index contributed by atoms with van der Waals surface area (Å²) >= 11 is 5.59. The molecule has 0 heterocycles. The van der Waals surface area contributed by atoms with Crippen molar-refractivity contribution in [3.05, 3.63) is 28.8 Å². The van der Waals surface area contributed by atoms with Crippen molar-refractivity contribution >= 4 is 27.3 Å². The molecule has 1 fully saturated rings. The highest BCUT2D eigenvalue weighted by Gasteiger charge is 2.39. The first kappa shape index (κ1) is 18.4. The maximum Gasteiger partial charge on any atom is 0.418 e. The van der Waals surface area contributed by atoms with Gasteiger partial charge in [-0.3, -0.25) is 4.72 Å². The summed E-state index contributed by atoms with van der Waals surface area (Å²) in [6, 6.07) is 2.33. The van der Waals surface area contributed by atoms with E-state index >= 15 is 0 Å². The van der Waals surface area contributed by atoms with E-state index in [-0.39, 0.29) is 10.9 Å². The minimum atomic E-state index is -4.72. The van der Waals surface area contributed by atoms with Crippen molar-refractivity contribution in [2.75, 3.05) is 4.72 Å². The number of hydrogen-bond acceptors (Lipinski definition) is 3. The zero-order chi connectivity index (χ0) is 17.4. The van der Waals surface area contributed by atoms with Crippen LogP contribution in [0.3, 0.4) is 0 Å². The van der Waals surface area contributed by atoms with Gasteiger partial charge in [0.15, 0.2) is 0 Å². The number of rotatable bonds is 3. The Labute approximate surface area is 138 Å². The Hall–Kier alpha value is -0.990. The first-order valence-electron chi connectivity index (χ1n) is 7.14. The van der Waals surface area contributed by atoms with E-state index in [9.17, 15) is 21.6 Å². The molecule has 0 bridgehead atoms. The first-order valence-corrected chi connectivity index (χ1v) is 9.07. The van der Waals surface area contributed by atoms with Gasteiger partial charge in [0.1, 0.15) is 0 Å². The molecule has 130 valence electrons. The molecule has 0 amide bonds. The number of nitrogens with two attached hydrogens (primary N) is 1. The number of halogens is 4. The van der Waals surface area contributed by atoms with Crippen LogP contribution in [0.5, 0.6) is 0 Å². The fourth-order valence-corrected chi connectivity index (χ4v) is 4.76. The number of anilines is 1. The van der Waals surface area contributed by atoms with E-state index in [1.807, 2.05) is 6.92 Å². The molecule has 0 aliphatic heterocycles. The molecule has 2 rings (SSSR count). The van der Waals surface area contributed by atoms with Crippen LogP contribution in [0.15, 0.2) is 18.2 Å². The summed E-state index contributed by atoms with van der Waals surface area (Å²) < 4.78 is 66.2. The summed E-state index contributed by atoms with van der Waals surface area (Å²) in [4.78, 5) is 0. The minimum Gasteiger partial charge on any atom is -0.326 e. The van der Waals surface area contributed by atoms with Crippen LogP contribution in [-0.4, -0.2) is 19.7 Å². The maximum atomic E-state index is 13.1. The lowest BCUT2D eigenvalue weighted by atomic mass is 9.87. The predicted molar refractivity (Wildman–Crippen MR) is 83.8 cm³/mol. The highest BCUT2D eigenvalue weighted by Crippen LogP contribution is 2.38. The van der Waals surface area contributed by atoms with Gasteiger partial charge in [-0.15, -0.1) is 0 Å². The van der Waals surface area contributed by atoms with Crippen LogP contribution in [0.4, 0.5) is 18.9 Å². The average Bonchev–Trinajstić information content (AvgIpc) is 2.42. The standard InChI is InChI=1S/C14H18ClF3N2O2S/c1-8-2-4-11(19)13(6-8)23(21,22)20-12-5-3-9(15)7-10(12)14(16,17)18/h3,5,7-8,11,13,20H,2,4,6,19H2,1H3.